The third-order valence-electron chi connectivity index (χ3n) is 5.23. The number of ether oxygens (including phenoxy) is 1. The van der Waals surface area contributed by atoms with Gasteiger partial charge in [-0.25, -0.2) is 9.79 Å². The van der Waals surface area contributed by atoms with E-state index >= 15 is 0 Å². The van der Waals surface area contributed by atoms with Crippen LogP contribution in [0.15, 0.2) is 64.6 Å². The highest BCUT2D eigenvalue weighted by Gasteiger charge is 2.32. The number of aryl methyl sites for hydroxylation is 1. The van der Waals surface area contributed by atoms with Gasteiger partial charge in [-0.2, -0.15) is 0 Å². The van der Waals surface area contributed by atoms with Gasteiger partial charge in [-0.1, -0.05) is 24.3 Å². The van der Waals surface area contributed by atoms with Gasteiger partial charge in [-0.3, -0.25) is 9.69 Å². The summed E-state index contributed by atoms with van der Waals surface area (Å²) in [7, 11) is 0. The van der Waals surface area contributed by atoms with Crippen molar-refractivity contribution in [1.82, 2.24) is 9.47 Å². The highest BCUT2D eigenvalue weighted by atomic mass is 32.2. The molecule has 0 atom stereocenters. The molecule has 1 amide bonds. The summed E-state index contributed by atoms with van der Waals surface area (Å²) in [6, 6.07) is 15.1. The van der Waals surface area contributed by atoms with Crippen LogP contribution in [0.2, 0.25) is 0 Å². The number of amides is 1. The van der Waals surface area contributed by atoms with E-state index in [4.69, 9.17) is 4.74 Å². The maximum absolute atomic E-state index is 13.1. The van der Waals surface area contributed by atoms with Gasteiger partial charge in [-0.15, -0.1) is 0 Å². The average Bonchev–Trinajstić information content (AvgIpc) is 3.31. The van der Waals surface area contributed by atoms with Crippen molar-refractivity contribution >= 4 is 51.5 Å². The zero-order valence-corrected chi connectivity index (χ0v) is 19.2. The molecule has 7 heteroatoms. The lowest BCUT2D eigenvalue weighted by Crippen LogP contribution is -2.28. The van der Waals surface area contributed by atoms with E-state index in [2.05, 4.69) is 34.8 Å². The van der Waals surface area contributed by atoms with Gasteiger partial charge >= 0.3 is 5.97 Å². The van der Waals surface area contributed by atoms with Gasteiger partial charge < -0.3 is 9.30 Å². The minimum atomic E-state index is -0.384. The fourth-order valence-electron chi connectivity index (χ4n) is 3.69. The molecule has 4 rings (SSSR count). The highest BCUT2D eigenvalue weighted by molar-refractivity contribution is 8.18. The Morgan fingerprint density at radius 2 is 1.91 bits per heavy atom. The van der Waals surface area contributed by atoms with Gasteiger partial charge in [0.2, 0.25) is 0 Å². The van der Waals surface area contributed by atoms with Gasteiger partial charge in [0.25, 0.3) is 5.91 Å². The smallest absolute Gasteiger partial charge is 0.338 e. The lowest BCUT2D eigenvalue weighted by molar-refractivity contribution is -0.122. The summed E-state index contributed by atoms with van der Waals surface area (Å²) < 4.78 is 7.25. The van der Waals surface area contributed by atoms with E-state index in [1.165, 1.54) is 11.8 Å². The number of thioether (sulfide) groups is 1. The quantitative estimate of drug-likeness (QED) is 0.372. The molecule has 0 aliphatic carbocycles. The average molecular weight is 448 g/mol. The van der Waals surface area contributed by atoms with E-state index in [-0.39, 0.29) is 11.9 Å². The van der Waals surface area contributed by atoms with Gasteiger partial charge in [0.1, 0.15) is 0 Å². The van der Waals surface area contributed by atoms with Crippen molar-refractivity contribution in [2.75, 3.05) is 13.2 Å². The number of rotatable bonds is 6. The lowest BCUT2D eigenvalue weighted by atomic mass is 10.1. The molecule has 0 saturated carbocycles. The van der Waals surface area contributed by atoms with Gasteiger partial charge in [0.15, 0.2) is 5.17 Å². The second kappa shape index (κ2) is 9.44. The Morgan fingerprint density at radius 1 is 1.09 bits per heavy atom. The van der Waals surface area contributed by atoms with E-state index in [1.807, 2.05) is 31.2 Å². The molecular weight excluding hydrogens is 422 g/mol. The summed E-state index contributed by atoms with van der Waals surface area (Å²) in [6.45, 7) is 7.48. The maximum atomic E-state index is 13.1. The number of nitrogens with zero attached hydrogens (tertiary/aromatic N) is 3. The lowest BCUT2D eigenvalue weighted by Gasteiger charge is -2.12. The molecule has 1 aromatic heterocycles. The van der Waals surface area contributed by atoms with Crippen LogP contribution in [0.5, 0.6) is 0 Å². The third kappa shape index (κ3) is 4.21. The predicted molar refractivity (Wildman–Crippen MR) is 130 cm³/mol. The molecule has 0 unspecified atom stereocenters. The van der Waals surface area contributed by atoms with Crippen LogP contribution in [0.25, 0.3) is 17.0 Å². The Hall–Kier alpha value is -3.32. The predicted octanol–water partition coefficient (Wildman–Crippen LogP) is 5.46. The number of para-hydroxylation sites is 1. The van der Waals surface area contributed by atoms with Crippen molar-refractivity contribution in [3.63, 3.8) is 0 Å². The first kappa shape index (κ1) is 21.9. The van der Waals surface area contributed by atoms with E-state index in [1.54, 1.807) is 30.0 Å². The first-order chi connectivity index (χ1) is 15.5. The molecule has 2 aromatic carbocycles. The number of benzene rings is 2. The van der Waals surface area contributed by atoms with E-state index in [0.717, 1.165) is 23.0 Å². The fraction of sp³-hybridized carbons (Fsp3) is 0.240. The fourth-order valence-corrected chi connectivity index (χ4v) is 4.74. The van der Waals surface area contributed by atoms with Crippen molar-refractivity contribution in [1.29, 1.82) is 0 Å². The van der Waals surface area contributed by atoms with Crippen molar-refractivity contribution in [3.8, 4) is 0 Å². The molecule has 1 aliphatic rings. The topological polar surface area (TPSA) is 63.9 Å². The number of amidine groups is 1. The van der Waals surface area contributed by atoms with Gasteiger partial charge in [0.05, 0.1) is 22.8 Å². The summed E-state index contributed by atoms with van der Waals surface area (Å²) in [5.41, 5.74) is 3.21. The highest BCUT2D eigenvalue weighted by Crippen LogP contribution is 2.35. The van der Waals surface area contributed by atoms with Crippen LogP contribution in [-0.4, -0.2) is 39.7 Å². The Morgan fingerprint density at radius 3 is 2.66 bits per heavy atom. The van der Waals surface area contributed by atoms with Crippen molar-refractivity contribution in [2.24, 2.45) is 4.99 Å². The van der Waals surface area contributed by atoms with Crippen LogP contribution in [0.4, 0.5) is 5.69 Å². The second-order valence-corrected chi connectivity index (χ2v) is 8.22. The summed E-state index contributed by atoms with van der Waals surface area (Å²) in [6.07, 6.45) is 4.03. The molecule has 164 valence electrons. The summed E-state index contributed by atoms with van der Waals surface area (Å²) >= 11 is 1.35. The molecule has 1 fully saturated rings. The van der Waals surface area contributed by atoms with Crippen molar-refractivity contribution in [2.45, 2.75) is 27.3 Å². The van der Waals surface area contributed by atoms with Crippen molar-refractivity contribution in [3.05, 3.63) is 70.8 Å². The second-order valence-electron chi connectivity index (χ2n) is 7.21. The van der Waals surface area contributed by atoms with Crippen LogP contribution >= 0.6 is 11.8 Å². The maximum Gasteiger partial charge on any atom is 0.338 e. The first-order valence-corrected chi connectivity index (χ1v) is 11.5. The minimum absolute atomic E-state index is 0.0638. The SMILES string of the molecule is CCOC(=O)c1cccc(N=C2SC(=Cc3cn(CC)c4ccccc34)C(=O)N2CC)c1. The normalized spacial score (nSPS) is 16.5. The Bertz CT molecular complexity index is 1240. The number of hydrogen-bond donors (Lipinski definition) is 0. The summed E-state index contributed by atoms with van der Waals surface area (Å²) in [5, 5.41) is 1.72. The largest absolute Gasteiger partial charge is 0.462 e. The number of fused-ring (bicyclic) bond motifs is 1. The van der Waals surface area contributed by atoms with Gasteiger partial charge in [0, 0.05) is 35.8 Å². The standard InChI is InChI=1S/C25H25N3O3S/c1-4-27-16-18(20-12-7-8-13-21(20)27)15-22-23(29)28(5-2)25(32-22)26-19-11-9-10-17(14-19)24(30)31-6-3/h7-16H,4-6H2,1-3H3. The number of aromatic nitrogens is 1. The van der Waals surface area contributed by atoms with Gasteiger partial charge in [-0.05, 0) is 62.9 Å². The number of likely N-dealkylation sites (N-methyl/N-ethyl adjacent to an activating group) is 1. The molecule has 1 aliphatic heterocycles. The van der Waals surface area contributed by atoms with Crippen LogP contribution in [0.3, 0.4) is 0 Å². The molecule has 0 N–H and O–H groups in total. The third-order valence-corrected chi connectivity index (χ3v) is 6.24. The molecule has 0 radical (unpaired) electrons. The van der Waals surface area contributed by atoms with Crippen LogP contribution in [0, 0.1) is 0 Å². The van der Waals surface area contributed by atoms with Crippen LogP contribution < -0.4 is 0 Å². The monoisotopic (exact) mass is 447 g/mol. The number of carbonyl (C=O) groups excluding carboxylic acids is 2. The molecular formula is C25H25N3O3S. The van der Waals surface area contributed by atoms with Crippen LogP contribution in [-0.2, 0) is 16.1 Å². The first-order valence-electron chi connectivity index (χ1n) is 10.7. The van der Waals surface area contributed by atoms with E-state index in [9.17, 15) is 9.59 Å². The molecule has 6 nitrogen and oxygen atoms in total. The molecule has 3 aromatic rings. The summed E-state index contributed by atoms with van der Waals surface area (Å²) in [4.78, 5) is 32.1. The zero-order valence-electron chi connectivity index (χ0n) is 18.4. The Balaban J connectivity index is 1.69. The molecule has 0 bridgehead atoms. The molecule has 2 heterocycles. The number of carbonyl (C=O) groups is 2. The van der Waals surface area contributed by atoms with Crippen LogP contribution in [0.1, 0.15) is 36.7 Å². The van der Waals surface area contributed by atoms with E-state index < -0.39 is 0 Å². The van der Waals surface area contributed by atoms with E-state index in [0.29, 0.717) is 34.5 Å². The minimum Gasteiger partial charge on any atom is -0.462 e. The number of hydrogen-bond acceptors (Lipinski definition) is 5. The zero-order chi connectivity index (χ0) is 22.7. The molecule has 1 saturated heterocycles. The Labute approximate surface area is 191 Å². The van der Waals surface area contributed by atoms with Crippen molar-refractivity contribution < 1.29 is 14.3 Å². The summed E-state index contributed by atoms with van der Waals surface area (Å²) in [5.74, 6) is -0.448. The molecule has 0 spiro atoms. The number of aliphatic imine (C=N–C) groups is 1. The number of esters is 1. The Kier molecular flexibility index (Phi) is 6.46. The molecule has 32 heavy (non-hydrogen) atoms.